The average molecular weight is 150 g/mol. The highest BCUT2D eigenvalue weighted by Gasteiger charge is 2.02. The van der Waals surface area contributed by atoms with Gasteiger partial charge in [0, 0.05) is 0 Å². The van der Waals surface area contributed by atoms with Gasteiger partial charge in [-0.3, -0.25) is 4.63 Å². The molecule has 0 atom stereocenters. The molecule has 1 aromatic heterocycles. The molecule has 0 radical (unpaired) electrons. The molecule has 0 saturated carbocycles. The number of hydrogen-bond acceptors (Lipinski definition) is 1. The summed E-state index contributed by atoms with van der Waals surface area (Å²) in [7, 11) is 0. The van der Waals surface area contributed by atoms with Crippen molar-refractivity contribution in [3.05, 3.63) is 29.3 Å². The highest BCUT2D eigenvalue weighted by atomic mass is 16.7. The molecule has 3 nitrogen and oxygen atoms in total. The maximum atomic E-state index is 4.79. The average Bonchev–Trinajstić information content (AvgIpc) is 2.64. The van der Waals surface area contributed by atoms with Crippen LogP contribution in [0, 0.1) is 13.8 Å². The van der Waals surface area contributed by atoms with Crippen LogP contribution in [0.5, 0.6) is 0 Å². The summed E-state index contributed by atoms with van der Waals surface area (Å²) in [5.41, 5.74) is 3.55. The van der Waals surface area contributed by atoms with Gasteiger partial charge >= 0.3 is 0 Å². The number of nitrogens with one attached hydrogen (secondary N) is 1. The number of aromatic nitrogens is 2. The summed E-state index contributed by atoms with van der Waals surface area (Å²) in [6.07, 6.45) is 0. The molecule has 0 amide bonds. The molecule has 0 spiro atoms. The van der Waals surface area contributed by atoms with Gasteiger partial charge in [-0.1, -0.05) is 16.2 Å². The quantitative estimate of drug-likeness (QED) is 0.662. The summed E-state index contributed by atoms with van der Waals surface area (Å²) >= 11 is 0. The number of aromatic amines is 1. The van der Waals surface area contributed by atoms with Crippen LogP contribution < -0.4 is 0 Å². The van der Waals surface area contributed by atoms with Gasteiger partial charge in [0.25, 0.3) is 0 Å². The van der Waals surface area contributed by atoms with Gasteiger partial charge in [0.2, 0.25) is 0 Å². The first kappa shape index (κ1) is 6.34. The molecule has 0 fully saturated rings. The fraction of sp³-hybridized carbons (Fsp3) is 0.250. The molecule has 0 aliphatic heterocycles. The van der Waals surface area contributed by atoms with Crippen LogP contribution >= 0.6 is 0 Å². The van der Waals surface area contributed by atoms with Gasteiger partial charge in [-0.15, -0.1) is 0 Å². The Labute approximate surface area is 64.5 Å². The third kappa shape index (κ3) is 1.22. The highest BCUT2D eigenvalue weighted by Crippen LogP contribution is 2.13. The number of H-pyrrole nitrogens is 1. The van der Waals surface area contributed by atoms with Crippen LogP contribution in [0.15, 0.2) is 22.8 Å². The van der Waals surface area contributed by atoms with Gasteiger partial charge in [-0.2, -0.15) is 0 Å². The first-order valence-corrected chi connectivity index (χ1v) is 3.57. The van der Waals surface area contributed by atoms with Gasteiger partial charge in [-0.25, -0.2) is 0 Å². The molecule has 3 heteroatoms. The topological polar surface area (TPSA) is 33.9 Å². The lowest BCUT2D eigenvalue weighted by Gasteiger charge is -1.96. The summed E-state index contributed by atoms with van der Waals surface area (Å²) in [6, 6.07) is 6.26. The summed E-state index contributed by atoms with van der Waals surface area (Å²) in [4.78, 5) is 1.62. The van der Waals surface area contributed by atoms with Crippen LogP contribution in [0.4, 0.5) is 0 Å². The Morgan fingerprint density at radius 3 is 2.18 bits per heavy atom. The summed E-state index contributed by atoms with van der Waals surface area (Å²) < 4.78 is 4.79. The lowest BCUT2D eigenvalue weighted by atomic mass is 10.1. The molecule has 0 aliphatic carbocycles. The van der Waals surface area contributed by atoms with E-state index in [1.165, 1.54) is 11.1 Å². The minimum absolute atomic E-state index is 1.06. The molecule has 2 rings (SSSR count). The fourth-order valence-corrected chi connectivity index (χ4v) is 1.19. The largest absolute Gasteiger partial charge is 0.252 e. The normalized spacial score (nSPS) is 10.7. The minimum atomic E-state index is 1.06. The minimum Gasteiger partial charge on any atom is -0.252 e. The van der Waals surface area contributed by atoms with Crippen molar-refractivity contribution in [3.63, 3.8) is 0 Å². The SMILES string of the molecule is Cc1cc(C)cc(-n2[nH]o2)c1. The van der Waals surface area contributed by atoms with Crippen molar-refractivity contribution in [3.8, 4) is 5.69 Å². The summed E-state index contributed by atoms with van der Waals surface area (Å²) in [6.45, 7) is 4.14. The molecule has 58 valence electrons. The van der Waals surface area contributed by atoms with Crippen LogP contribution in [-0.4, -0.2) is 10.1 Å². The molecule has 1 N–H and O–H groups in total. The second-order valence-corrected chi connectivity index (χ2v) is 2.82. The predicted octanol–water partition coefficient (Wildman–Crippen LogP) is 2.02. The van der Waals surface area contributed by atoms with Gasteiger partial charge < -0.3 is 0 Å². The summed E-state index contributed by atoms with van der Waals surface area (Å²) in [5.74, 6) is 0. The lowest BCUT2D eigenvalue weighted by Crippen LogP contribution is -1.85. The maximum absolute atomic E-state index is 4.79. The maximum Gasteiger partial charge on any atom is 0.105 e. The molecule has 11 heavy (non-hydrogen) atoms. The van der Waals surface area contributed by atoms with Crippen molar-refractivity contribution >= 4 is 0 Å². The van der Waals surface area contributed by atoms with Gasteiger partial charge in [-0.05, 0) is 37.1 Å². The third-order valence-corrected chi connectivity index (χ3v) is 1.62. The lowest BCUT2D eigenvalue weighted by molar-refractivity contribution is 0.501. The smallest absolute Gasteiger partial charge is 0.105 e. The van der Waals surface area contributed by atoms with E-state index in [0.717, 1.165) is 5.69 Å². The third-order valence-electron chi connectivity index (χ3n) is 1.62. The van der Waals surface area contributed by atoms with Crippen molar-refractivity contribution in [1.82, 2.24) is 10.1 Å². The Kier molecular flexibility index (Phi) is 1.18. The van der Waals surface area contributed by atoms with Crippen LogP contribution in [0.3, 0.4) is 0 Å². The van der Waals surface area contributed by atoms with E-state index in [2.05, 4.69) is 37.3 Å². The van der Waals surface area contributed by atoms with E-state index in [0.29, 0.717) is 0 Å². The van der Waals surface area contributed by atoms with E-state index in [1.54, 1.807) is 4.85 Å². The zero-order chi connectivity index (χ0) is 7.84. The number of aryl methyl sites for hydroxylation is 2. The molecule has 0 aliphatic rings. The van der Waals surface area contributed by atoms with Crippen molar-refractivity contribution in [2.45, 2.75) is 13.8 Å². The Bertz CT molecular complexity index is 325. The van der Waals surface area contributed by atoms with E-state index in [9.17, 15) is 0 Å². The Balaban J connectivity index is 2.50. The number of benzene rings is 1. The molecule has 0 unspecified atom stereocenters. The molecule has 0 saturated heterocycles. The van der Waals surface area contributed by atoms with E-state index < -0.39 is 0 Å². The molecular formula is C8H10N2O. The fourth-order valence-electron chi connectivity index (χ4n) is 1.19. The van der Waals surface area contributed by atoms with E-state index in [4.69, 9.17) is 4.63 Å². The van der Waals surface area contributed by atoms with Crippen LogP contribution in [0.1, 0.15) is 11.1 Å². The standard InChI is InChI=1S/C8H10N2O/c1-6-3-7(2)5-8(4-6)10-9-11-10/h3-5,9H,1-2H3. The van der Waals surface area contributed by atoms with Crippen LogP contribution in [0.25, 0.3) is 5.69 Å². The van der Waals surface area contributed by atoms with Gasteiger partial charge in [0.15, 0.2) is 0 Å². The zero-order valence-corrected chi connectivity index (χ0v) is 6.59. The first-order chi connectivity index (χ1) is 5.25. The zero-order valence-electron chi connectivity index (χ0n) is 6.59. The number of nitrogens with zero attached hydrogens (tertiary/aromatic N) is 1. The van der Waals surface area contributed by atoms with Crippen molar-refractivity contribution < 1.29 is 4.63 Å². The van der Waals surface area contributed by atoms with E-state index in [-0.39, 0.29) is 0 Å². The summed E-state index contributed by atoms with van der Waals surface area (Å²) in [5, 5.41) is 2.64. The van der Waals surface area contributed by atoms with Gasteiger partial charge in [0.1, 0.15) is 5.69 Å². The van der Waals surface area contributed by atoms with E-state index >= 15 is 0 Å². The second kappa shape index (κ2) is 2.05. The Morgan fingerprint density at radius 2 is 1.73 bits per heavy atom. The first-order valence-electron chi connectivity index (χ1n) is 3.57. The van der Waals surface area contributed by atoms with Crippen LogP contribution in [0.2, 0.25) is 0 Å². The van der Waals surface area contributed by atoms with E-state index in [1.807, 2.05) is 0 Å². The number of rotatable bonds is 1. The molecule has 1 aromatic carbocycles. The monoisotopic (exact) mass is 150 g/mol. The number of hydrogen-bond donors (Lipinski definition) is 1. The molecular weight excluding hydrogens is 140 g/mol. The predicted molar refractivity (Wildman–Crippen MR) is 41.9 cm³/mol. The molecule has 2 aromatic rings. The Morgan fingerprint density at radius 1 is 1.18 bits per heavy atom. The van der Waals surface area contributed by atoms with Crippen LogP contribution in [-0.2, 0) is 0 Å². The van der Waals surface area contributed by atoms with Gasteiger partial charge in [0.05, 0.1) is 0 Å². The molecule has 1 heterocycles. The molecule has 0 bridgehead atoms. The van der Waals surface area contributed by atoms with Crippen molar-refractivity contribution in [2.75, 3.05) is 0 Å². The Hall–Kier alpha value is -1.38. The van der Waals surface area contributed by atoms with Crippen molar-refractivity contribution in [1.29, 1.82) is 0 Å². The second-order valence-electron chi connectivity index (χ2n) is 2.82. The van der Waals surface area contributed by atoms with Crippen molar-refractivity contribution in [2.24, 2.45) is 0 Å². The highest BCUT2D eigenvalue weighted by molar-refractivity contribution is 5.37.